The number of carbonyl (C=O) groups is 1. The molecule has 2 aromatic rings. The van der Waals surface area contributed by atoms with Crippen LogP contribution in [0.1, 0.15) is 29.2 Å². The highest BCUT2D eigenvalue weighted by molar-refractivity contribution is 7.92. The van der Waals surface area contributed by atoms with Crippen molar-refractivity contribution in [2.45, 2.75) is 33.7 Å². The number of anilines is 1. The van der Waals surface area contributed by atoms with E-state index in [0.717, 1.165) is 27.3 Å². The maximum absolute atomic E-state index is 12.6. The van der Waals surface area contributed by atoms with Crippen LogP contribution in [0.5, 0.6) is 5.75 Å². The lowest BCUT2D eigenvalue weighted by molar-refractivity contribution is -0.121. The predicted molar refractivity (Wildman–Crippen MR) is 116 cm³/mol. The highest BCUT2D eigenvalue weighted by atomic mass is 32.2. The van der Waals surface area contributed by atoms with E-state index in [1.165, 1.54) is 19.6 Å². The van der Waals surface area contributed by atoms with Crippen molar-refractivity contribution in [3.63, 3.8) is 0 Å². The number of hydrogen-bond acceptors (Lipinski definition) is 5. The van der Waals surface area contributed by atoms with Crippen LogP contribution in [0.4, 0.5) is 5.69 Å². The van der Waals surface area contributed by atoms with Crippen LogP contribution in [-0.2, 0) is 14.8 Å². The number of carbonyl (C=O) groups excluding carboxylic acids is 1. The summed E-state index contributed by atoms with van der Waals surface area (Å²) >= 11 is 0. The van der Waals surface area contributed by atoms with Gasteiger partial charge in [-0.05, 0) is 74.2 Å². The second kappa shape index (κ2) is 9.09. The number of benzene rings is 2. The third kappa shape index (κ3) is 5.35. The lowest BCUT2D eigenvalue weighted by Crippen LogP contribution is -2.46. The zero-order valence-electron chi connectivity index (χ0n) is 17.6. The maximum Gasteiger partial charge on any atom is 0.263 e. The monoisotopic (exact) mass is 417 g/mol. The Morgan fingerprint density at radius 2 is 1.72 bits per heavy atom. The van der Waals surface area contributed by atoms with Crippen LogP contribution in [0.2, 0.25) is 0 Å². The first-order valence-corrected chi connectivity index (χ1v) is 10.9. The molecule has 1 atom stereocenters. The number of hydrazone groups is 1. The lowest BCUT2D eigenvalue weighted by Gasteiger charge is -2.27. The molecule has 7 nitrogen and oxygen atoms in total. The van der Waals surface area contributed by atoms with Gasteiger partial charge in [-0.2, -0.15) is 5.10 Å². The van der Waals surface area contributed by atoms with Gasteiger partial charge in [0.25, 0.3) is 5.91 Å². The van der Waals surface area contributed by atoms with Crippen LogP contribution in [-0.4, -0.2) is 39.9 Å². The van der Waals surface area contributed by atoms with Crippen LogP contribution < -0.4 is 14.5 Å². The first-order valence-electron chi connectivity index (χ1n) is 9.09. The van der Waals surface area contributed by atoms with Crippen molar-refractivity contribution in [2.24, 2.45) is 5.10 Å². The molecule has 0 heterocycles. The van der Waals surface area contributed by atoms with E-state index in [9.17, 15) is 13.2 Å². The molecule has 0 saturated heterocycles. The summed E-state index contributed by atoms with van der Waals surface area (Å²) in [5, 5.41) is 4.01. The van der Waals surface area contributed by atoms with Crippen molar-refractivity contribution < 1.29 is 17.9 Å². The minimum absolute atomic E-state index is 0.366. The molecule has 0 aromatic heterocycles. The standard InChI is InChI=1S/C21H27N3O4S/c1-14-7-8-18(16(3)15(14)2)13-22-23-21(25)17(4)24(29(6,26)27)19-9-11-20(28-5)12-10-19/h7-13,17H,1-6H3,(H,23,25)/b22-13-/t17-/m1/s1. The smallest absolute Gasteiger partial charge is 0.263 e. The van der Waals surface area contributed by atoms with E-state index in [4.69, 9.17) is 4.74 Å². The SMILES string of the molecule is COc1ccc(N([C@H](C)C(=O)N/N=C\c2ccc(C)c(C)c2C)S(C)(=O)=O)cc1. The van der Waals surface area contributed by atoms with Gasteiger partial charge in [0.2, 0.25) is 10.0 Å². The van der Waals surface area contributed by atoms with Crippen LogP contribution in [0.25, 0.3) is 0 Å². The largest absolute Gasteiger partial charge is 0.497 e. The normalized spacial score (nSPS) is 12.6. The molecule has 0 aliphatic carbocycles. The van der Waals surface area contributed by atoms with Gasteiger partial charge >= 0.3 is 0 Å². The number of hydrogen-bond donors (Lipinski definition) is 1. The highest BCUT2D eigenvalue weighted by Crippen LogP contribution is 2.23. The van der Waals surface area contributed by atoms with Crippen molar-refractivity contribution in [1.29, 1.82) is 0 Å². The predicted octanol–water partition coefficient (Wildman–Crippen LogP) is 2.93. The van der Waals surface area contributed by atoms with Crippen LogP contribution in [0.15, 0.2) is 41.5 Å². The summed E-state index contributed by atoms with van der Waals surface area (Å²) in [6, 6.07) is 9.38. The van der Waals surface area contributed by atoms with Crippen molar-refractivity contribution in [2.75, 3.05) is 17.7 Å². The van der Waals surface area contributed by atoms with Gasteiger partial charge in [-0.25, -0.2) is 13.8 Å². The summed E-state index contributed by atoms with van der Waals surface area (Å²) in [5.41, 5.74) is 7.11. The molecule has 0 fully saturated rings. The van der Waals surface area contributed by atoms with Gasteiger partial charge in [-0.1, -0.05) is 12.1 Å². The summed E-state index contributed by atoms with van der Waals surface area (Å²) in [6.45, 7) is 7.56. The summed E-state index contributed by atoms with van der Waals surface area (Å²) < 4.78 is 30.8. The molecule has 0 aliphatic heterocycles. The third-order valence-electron chi connectivity index (χ3n) is 4.89. The molecule has 0 spiro atoms. The van der Waals surface area contributed by atoms with Gasteiger partial charge in [0.15, 0.2) is 0 Å². The fourth-order valence-corrected chi connectivity index (χ4v) is 4.09. The second-order valence-corrected chi connectivity index (χ2v) is 8.75. The van der Waals surface area contributed by atoms with Gasteiger partial charge in [0.1, 0.15) is 11.8 Å². The van der Waals surface area contributed by atoms with Crippen molar-refractivity contribution in [3.05, 3.63) is 58.7 Å². The molecule has 156 valence electrons. The molecule has 0 saturated carbocycles. The summed E-state index contributed by atoms with van der Waals surface area (Å²) in [6.07, 6.45) is 2.62. The van der Waals surface area contributed by atoms with E-state index in [2.05, 4.69) is 10.5 Å². The first-order chi connectivity index (χ1) is 13.6. The Morgan fingerprint density at radius 3 is 2.28 bits per heavy atom. The fraction of sp³-hybridized carbons (Fsp3) is 0.333. The minimum Gasteiger partial charge on any atom is -0.497 e. The van der Waals surface area contributed by atoms with E-state index in [1.54, 1.807) is 30.5 Å². The quantitative estimate of drug-likeness (QED) is 0.554. The van der Waals surface area contributed by atoms with E-state index >= 15 is 0 Å². The van der Waals surface area contributed by atoms with Crippen LogP contribution in [0, 0.1) is 20.8 Å². The van der Waals surface area contributed by atoms with Crippen LogP contribution >= 0.6 is 0 Å². The Balaban J connectivity index is 2.20. The van der Waals surface area contributed by atoms with E-state index in [1.807, 2.05) is 32.9 Å². The molecule has 29 heavy (non-hydrogen) atoms. The Kier molecular flexibility index (Phi) is 7.02. The Labute approximate surface area is 172 Å². The van der Waals surface area contributed by atoms with Crippen LogP contribution in [0.3, 0.4) is 0 Å². The zero-order valence-corrected chi connectivity index (χ0v) is 18.4. The van der Waals surface area contributed by atoms with Gasteiger partial charge in [0, 0.05) is 0 Å². The molecule has 1 amide bonds. The molecular formula is C21H27N3O4S. The number of nitrogens with zero attached hydrogens (tertiary/aromatic N) is 2. The number of nitrogens with one attached hydrogen (secondary N) is 1. The Morgan fingerprint density at radius 1 is 1.10 bits per heavy atom. The first kappa shape index (κ1) is 22.4. The number of amides is 1. The summed E-state index contributed by atoms with van der Waals surface area (Å²) in [5.74, 6) is 0.0525. The average molecular weight is 418 g/mol. The number of aryl methyl sites for hydroxylation is 1. The Hall–Kier alpha value is -2.87. The second-order valence-electron chi connectivity index (χ2n) is 6.89. The van der Waals surface area contributed by atoms with Crippen molar-refractivity contribution >= 4 is 27.8 Å². The molecule has 2 aromatic carbocycles. The third-order valence-corrected chi connectivity index (χ3v) is 6.14. The van der Waals surface area contributed by atoms with Crippen molar-refractivity contribution in [3.8, 4) is 5.75 Å². The topological polar surface area (TPSA) is 88.1 Å². The molecule has 0 aliphatic rings. The van der Waals surface area contributed by atoms with Gasteiger partial charge in [-0.15, -0.1) is 0 Å². The van der Waals surface area contributed by atoms with Crippen molar-refractivity contribution in [1.82, 2.24) is 5.43 Å². The molecule has 1 N–H and O–H groups in total. The molecule has 0 bridgehead atoms. The fourth-order valence-electron chi connectivity index (χ4n) is 2.91. The van der Waals surface area contributed by atoms with Gasteiger partial charge in [-0.3, -0.25) is 9.10 Å². The lowest BCUT2D eigenvalue weighted by atomic mass is 10.00. The molecule has 8 heteroatoms. The maximum atomic E-state index is 12.6. The van der Waals surface area contributed by atoms with E-state index < -0.39 is 22.0 Å². The molecule has 2 rings (SSSR count). The van der Waals surface area contributed by atoms with Gasteiger partial charge in [0.05, 0.1) is 25.3 Å². The highest BCUT2D eigenvalue weighted by Gasteiger charge is 2.29. The van der Waals surface area contributed by atoms with E-state index in [-0.39, 0.29) is 0 Å². The number of rotatable bonds is 7. The molecule has 0 radical (unpaired) electrons. The van der Waals surface area contributed by atoms with Gasteiger partial charge < -0.3 is 4.74 Å². The summed E-state index contributed by atoms with van der Waals surface area (Å²) in [4.78, 5) is 12.6. The number of ether oxygens (including phenoxy) is 1. The Bertz CT molecular complexity index is 1010. The molecular weight excluding hydrogens is 390 g/mol. The average Bonchev–Trinajstić information content (AvgIpc) is 2.67. The molecule has 0 unspecified atom stereocenters. The minimum atomic E-state index is -3.70. The zero-order chi connectivity index (χ0) is 21.8. The summed E-state index contributed by atoms with van der Waals surface area (Å²) in [7, 11) is -2.17. The number of methoxy groups -OCH3 is 1. The number of sulfonamides is 1. The van der Waals surface area contributed by atoms with E-state index in [0.29, 0.717) is 11.4 Å².